The van der Waals surface area contributed by atoms with E-state index in [9.17, 15) is 9.59 Å². The van der Waals surface area contributed by atoms with E-state index in [4.69, 9.17) is 4.74 Å². The van der Waals surface area contributed by atoms with Gasteiger partial charge in [-0.25, -0.2) is 0 Å². The van der Waals surface area contributed by atoms with Gasteiger partial charge in [0.15, 0.2) is 5.16 Å². The summed E-state index contributed by atoms with van der Waals surface area (Å²) in [7, 11) is 1.56. The molecule has 2 heterocycles. The van der Waals surface area contributed by atoms with E-state index in [0.717, 1.165) is 31.0 Å². The first-order valence-corrected chi connectivity index (χ1v) is 12.4. The third-order valence-corrected chi connectivity index (χ3v) is 6.69. The first kappa shape index (κ1) is 24.0. The number of methoxy groups -OCH3 is 1. The lowest BCUT2D eigenvalue weighted by Gasteiger charge is -2.26. The molecule has 1 N–H and O–H groups in total. The highest BCUT2D eigenvalue weighted by atomic mass is 32.2. The zero-order valence-electron chi connectivity index (χ0n) is 19.3. The van der Waals surface area contributed by atoms with E-state index in [-0.39, 0.29) is 11.7 Å². The van der Waals surface area contributed by atoms with Gasteiger partial charge in [0, 0.05) is 5.56 Å². The highest BCUT2D eigenvalue weighted by molar-refractivity contribution is 7.99. The molecule has 4 rings (SSSR count). The number of rotatable bonds is 9. The number of benzene rings is 2. The molecule has 34 heavy (non-hydrogen) atoms. The number of thioether (sulfide) groups is 1. The average molecular weight is 480 g/mol. The maximum Gasteiger partial charge on any atom is 0.257 e. The highest BCUT2D eigenvalue weighted by Crippen LogP contribution is 2.21. The predicted octanol–water partition coefficient (Wildman–Crippen LogP) is 3.37. The van der Waals surface area contributed by atoms with Gasteiger partial charge >= 0.3 is 0 Å². The minimum atomic E-state index is -0.440. The van der Waals surface area contributed by atoms with E-state index < -0.39 is 5.91 Å². The van der Waals surface area contributed by atoms with Crippen molar-refractivity contribution in [2.45, 2.75) is 37.5 Å². The number of piperidine rings is 1. The number of likely N-dealkylation sites (tertiary alicyclic amines) is 1. The van der Waals surface area contributed by atoms with E-state index >= 15 is 0 Å². The van der Waals surface area contributed by atoms with Crippen LogP contribution in [0.3, 0.4) is 0 Å². The van der Waals surface area contributed by atoms with Gasteiger partial charge in [0.05, 0.1) is 26.0 Å². The molecule has 2 amide bonds. The monoisotopic (exact) mass is 479 g/mol. The Morgan fingerprint density at radius 2 is 1.71 bits per heavy atom. The van der Waals surface area contributed by atoms with Crippen molar-refractivity contribution in [3.63, 3.8) is 0 Å². The van der Waals surface area contributed by atoms with Crippen molar-refractivity contribution in [1.82, 2.24) is 25.0 Å². The summed E-state index contributed by atoms with van der Waals surface area (Å²) >= 11 is 1.29. The highest BCUT2D eigenvalue weighted by Gasteiger charge is 2.19. The van der Waals surface area contributed by atoms with E-state index in [1.165, 1.54) is 31.0 Å². The van der Waals surface area contributed by atoms with Gasteiger partial charge < -0.3 is 9.30 Å². The standard InChI is InChI=1S/C25H29N5O3S/c1-33-21-12-10-20(11-13-21)24(32)26-23(31)18-34-25-28-27-22(17-29-14-6-3-7-15-29)30(25)16-19-8-4-2-5-9-19/h2,4-5,8-13H,3,6-7,14-18H2,1H3,(H,26,31,32). The Hall–Kier alpha value is -3.17. The summed E-state index contributed by atoms with van der Waals surface area (Å²) in [4.78, 5) is 27.3. The van der Waals surface area contributed by atoms with Crippen molar-refractivity contribution in [2.24, 2.45) is 0 Å². The molecule has 1 fully saturated rings. The molecular formula is C25H29N5O3S. The first-order chi connectivity index (χ1) is 16.6. The molecule has 0 saturated carbocycles. The van der Waals surface area contributed by atoms with Crippen LogP contribution in [0.2, 0.25) is 0 Å². The Balaban J connectivity index is 1.41. The largest absolute Gasteiger partial charge is 0.497 e. The van der Waals surface area contributed by atoms with Crippen LogP contribution in [0.4, 0.5) is 0 Å². The number of hydrogen-bond donors (Lipinski definition) is 1. The van der Waals surface area contributed by atoms with Crippen LogP contribution in [0.25, 0.3) is 0 Å². The summed E-state index contributed by atoms with van der Waals surface area (Å²) in [6.45, 7) is 3.50. The van der Waals surface area contributed by atoms with E-state index in [0.29, 0.717) is 23.0 Å². The van der Waals surface area contributed by atoms with Crippen LogP contribution in [-0.4, -0.2) is 57.4 Å². The number of ether oxygens (including phenoxy) is 1. The molecule has 1 aromatic heterocycles. The lowest BCUT2D eigenvalue weighted by molar-refractivity contribution is -0.117. The summed E-state index contributed by atoms with van der Waals surface area (Å²) in [6.07, 6.45) is 3.69. The second kappa shape index (κ2) is 11.8. The fourth-order valence-electron chi connectivity index (χ4n) is 3.89. The number of nitrogens with zero attached hydrogens (tertiary/aromatic N) is 4. The van der Waals surface area contributed by atoms with Gasteiger partial charge in [-0.3, -0.25) is 19.8 Å². The number of imide groups is 1. The summed E-state index contributed by atoms with van der Waals surface area (Å²) < 4.78 is 7.18. The fourth-order valence-corrected chi connectivity index (χ4v) is 4.65. The van der Waals surface area contributed by atoms with Gasteiger partial charge in [-0.15, -0.1) is 10.2 Å². The second-order valence-corrected chi connectivity index (χ2v) is 9.14. The van der Waals surface area contributed by atoms with Crippen molar-refractivity contribution in [1.29, 1.82) is 0 Å². The van der Waals surface area contributed by atoms with E-state index in [1.807, 2.05) is 18.2 Å². The zero-order valence-corrected chi connectivity index (χ0v) is 20.1. The van der Waals surface area contributed by atoms with Crippen LogP contribution >= 0.6 is 11.8 Å². The summed E-state index contributed by atoms with van der Waals surface area (Å²) in [5, 5.41) is 11.9. The molecule has 0 spiro atoms. The molecule has 8 nitrogen and oxygen atoms in total. The van der Waals surface area contributed by atoms with Gasteiger partial charge in [-0.05, 0) is 55.8 Å². The number of hydrogen-bond acceptors (Lipinski definition) is 7. The van der Waals surface area contributed by atoms with Crippen LogP contribution < -0.4 is 10.1 Å². The quantitative estimate of drug-likeness (QED) is 0.471. The third kappa shape index (κ3) is 6.45. The minimum Gasteiger partial charge on any atom is -0.497 e. The van der Waals surface area contributed by atoms with Crippen molar-refractivity contribution in [2.75, 3.05) is 26.0 Å². The molecule has 1 saturated heterocycles. The lowest BCUT2D eigenvalue weighted by atomic mass is 10.1. The molecule has 3 aromatic rings. The van der Waals surface area contributed by atoms with Crippen LogP contribution in [0.1, 0.15) is 41.0 Å². The SMILES string of the molecule is COc1ccc(C(=O)NC(=O)CSc2nnc(CN3CCCCC3)n2Cc2ccccc2)cc1. The fraction of sp³-hybridized carbons (Fsp3) is 0.360. The molecule has 0 bridgehead atoms. The second-order valence-electron chi connectivity index (χ2n) is 8.20. The maximum atomic E-state index is 12.5. The Kier molecular flexibility index (Phi) is 8.32. The normalized spacial score (nSPS) is 14.0. The molecule has 0 radical (unpaired) electrons. The lowest BCUT2D eigenvalue weighted by Crippen LogP contribution is -2.32. The molecule has 0 atom stereocenters. The van der Waals surface area contributed by atoms with Gasteiger partial charge in [-0.1, -0.05) is 48.5 Å². The van der Waals surface area contributed by atoms with Gasteiger partial charge in [0.1, 0.15) is 11.6 Å². The van der Waals surface area contributed by atoms with Crippen LogP contribution in [-0.2, 0) is 17.9 Å². The van der Waals surface area contributed by atoms with Crippen LogP contribution in [0, 0.1) is 0 Å². The van der Waals surface area contributed by atoms with Gasteiger partial charge in [0.25, 0.3) is 5.91 Å². The molecule has 178 valence electrons. The number of aromatic nitrogens is 3. The van der Waals surface area contributed by atoms with Crippen molar-refractivity contribution in [3.05, 3.63) is 71.5 Å². The van der Waals surface area contributed by atoms with Crippen LogP contribution in [0.15, 0.2) is 59.8 Å². The molecule has 1 aliphatic heterocycles. The van der Waals surface area contributed by atoms with E-state index in [2.05, 4.69) is 37.1 Å². The van der Waals surface area contributed by atoms with Crippen molar-refractivity contribution in [3.8, 4) is 5.75 Å². The topological polar surface area (TPSA) is 89.3 Å². The van der Waals surface area contributed by atoms with Gasteiger partial charge in [-0.2, -0.15) is 0 Å². The molecule has 2 aromatic carbocycles. The molecule has 0 unspecified atom stereocenters. The summed E-state index contributed by atoms with van der Waals surface area (Å²) in [5.74, 6) is 0.792. The average Bonchev–Trinajstić information content (AvgIpc) is 3.24. The van der Waals surface area contributed by atoms with Crippen molar-refractivity contribution >= 4 is 23.6 Å². The Morgan fingerprint density at radius 1 is 0.971 bits per heavy atom. The van der Waals surface area contributed by atoms with Crippen LogP contribution in [0.5, 0.6) is 5.75 Å². The molecular weight excluding hydrogens is 450 g/mol. The predicted molar refractivity (Wildman–Crippen MR) is 131 cm³/mol. The Labute approximate surface area is 203 Å². The Morgan fingerprint density at radius 3 is 2.41 bits per heavy atom. The minimum absolute atomic E-state index is 0.0680. The number of carbonyl (C=O) groups excluding carboxylic acids is 2. The zero-order chi connectivity index (χ0) is 23.8. The molecule has 9 heteroatoms. The molecule has 1 aliphatic rings. The number of nitrogens with one attached hydrogen (secondary N) is 1. The molecule has 0 aliphatic carbocycles. The van der Waals surface area contributed by atoms with E-state index in [1.54, 1.807) is 31.4 Å². The summed E-state index contributed by atoms with van der Waals surface area (Å²) in [6, 6.07) is 16.8. The van der Waals surface area contributed by atoms with Crippen molar-refractivity contribution < 1.29 is 14.3 Å². The maximum absolute atomic E-state index is 12.5. The summed E-state index contributed by atoms with van der Waals surface area (Å²) in [5.41, 5.74) is 1.54. The first-order valence-electron chi connectivity index (χ1n) is 11.4. The number of amides is 2. The Bertz CT molecular complexity index is 1100. The number of carbonyl (C=O) groups is 2. The third-order valence-electron chi connectivity index (χ3n) is 5.73. The van der Waals surface area contributed by atoms with Gasteiger partial charge in [0.2, 0.25) is 5.91 Å². The smallest absolute Gasteiger partial charge is 0.257 e.